The Balaban J connectivity index is 1.28. The van der Waals surface area contributed by atoms with Gasteiger partial charge in [-0.15, -0.1) is 0 Å². The van der Waals surface area contributed by atoms with Crippen molar-refractivity contribution >= 4 is 11.8 Å². The summed E-state index contributed by atoms with van der Waals surface area (Å²) in [4.78, 5) is 30.8. The van der Waals surface area contributed by atoms with Crippen LogP contribution in [0.4, 0.5) is 0 Å². The van der Waals surface area contributed by atoms with Crippen LogP contribution in [0.25, 0.3) is 0 Å². The summed E-state index contributed by atoms with van der Waals surface area (Å²) < 4.78 is 10.8. The molecule has 3 aliphatic heterocycles. The third-order valence-corrected chi connectivity index (χ3v) is 5.63. The molecule has 2 amide bonds. The number of hydrogen-bond acceptors (Lipinski definition) is 5. The number of hydrogen-bond donors (Lipinski definition) is 0. The highest BCUT2D eigenvalue weighted by Gasteiger charge is 2.31. The van der Waals surface area contributed by atoms with Crippen LogP contribution < -0.4 is 9.47 Å². The van der Waals surface area contributed by atoms with E-state index in [1.54, 1.807) is 9.80 Å². The van der Waals surface area contributed by atoms with E-state index in [1.165, 1.54) is 0 Å². The van der Waals surface area contributed by atoms with Crippen molar-refractivity contribution in [3.05, 3.63) is 23.8 Å². The molecule has 0 radical (unpaired) electrons. The summed E-state index contributed by atoms with van der Waals surface area (Å²) in [5.74, 6) is 1.40. The van der Waals surface area contributed by atoms with E-state index in [4.69, 9.17) is 9.47 Å². The lowest BCUT2D eigenvalue weighted by molar-refractivity contribution is -0.153. The van der Waals surface area contributed by atoms with Crippen LogP contribution in [-0.2, 0) is 16.1 Å². The summed E-state index contributed by atoms with van der Waals surface area (Å²) in [5.41, 5.74) is 1.16. The van der Waals surface area contributed by atoms with Gasteiger partial charge in [0.05, 0.1) is 0 Å². The minimum absolute atomic E-state index is 0.281. The van der Waals surface area contributed by atoms with E-state index in [9.17, 15) is 9.59 Å². The lowest BCUT2D eigenvalue weighted by Gasteiger charge is -2.36. The van der Waals surface area contributed by atoms with Gasteiger partial charge in [0.1, 0.15) is 0 Å². The first kappa shape index (κ1) is 18.1. The summed E-state index contributed by atoms with van der Waals surface area (Å²) in [6.45, 7) is 7.36. The van der Waals surface area contributed by atoms with Crippen LogP contribution >= 0.6 is 0 Å². The number of carbonyl (C=O) groups is 2. The minimum atomic E-state index is -0.341. The lowest BCUT2D eigenvalue weighted by Crippen LogP contribution is -2.54. The third-order valence-electron chi connectivity index (χ3n) is 5.63. The van der Waals surface area contributed by atoms with Crippen LogP contribution in [0.5, 0.6) is 11.5 Å². The zero-order chi connectivity index (χ0) is 18.8. The largest absolute Gasteiger partial charge is 0.454 e. The third kappa shape index (κ3) is 4.03. The van der Waals surface area contributed by atoms with Crippen molar-refractivity contribution in [1.29, 1.82) is 0 Å². The fourth-order valence-corrected chi connectivity index (χ4v) is 4.05. The van der Waals surface area contributed by atoms with Crippen molar-refractivity contribution in [2.75, 3.05) is 46.1 Å². The SMILES string of the molecule is CC1CCCN(C(=O)C(=O)N2CCN(Cc3ccc4c(c3)OCO4)CC2)C1. The molecule has 2 fully saturated rings. The summed E-state index contributed by atoms with van der Waals surface area (Å²) in [6, 6.07) is 6.00. The number of fused-ring (bicyclic) bond motifs is 1. The molecular weight excluding hydrogens is 346 g/mol. The van der Waals surface area contributed by atoms with Crippen LogP contribution in [0.1, 0.15) is 25.3 Å². The van der Waals surface area contributed by atoms with Crippen molar-refractivity contribution in [3.8, 4) is 11.5 Å². The van der Waals surface area contributed by atoms with E-state index in [-0.39, 0.29) is 18.6 Å². The topological polar surface area (TPSA) is 62.3 Å². The summed E-state index contributed by atoms with van der Waals surface area (Å²) >= 11 is 0. The van der Waals surface area contributed by atoms with Crippen molar-refractivity contribution in [3.63, 3.8) is 0 Å². The molecule has 1 atom stereocenters. The predicted octanol–water partition coefficient (Wildman–Crippen LogP) is 1.32. The zero-order valence-corrected chi connectivity index (χ0v) is 15.9. The molecule has 0 aliphatic carbocycles. The molecule has 0 aromatic heterocycles. The molecule has 0 spiro atoms. The summed E-state index contributed by atoms with van der Waals surface area (Å²) in [6.07, 6.45) is 2.13. The number of piperazine rings is 1. The van der Waals surface area contributed by atoms with E-state index in [0.717, 1.165) is 49.5 Å². The molecule has 1 aromatic carbocycles. The van der Waals surface area contributed by atoms with Gasteiger partial charge >= 0.3 is 11.8 Å². The Kier molecular flexibility index (Phi) is 5.20. The Labute approximate surface area is 159 Å². The van der Waals surface area contributed by atoms with Gasteiger partial charge in [0.2, 0.25) is 6.79 Å². The second-order valence-electron chi connectivity index (χ2n) is 7.75. The normalized spacial score (nSPS) is 22.8. The fraction of sp³-hybridized carbons (Fsp3) is 0.600. The van der Waals surface area contributed by atoms with Crippen LogP contribution in [0.3, 0.4) is 0 Å². The van der Waals surface area contributed by atoms with Gasteiger partial charge in [-0.25, -0.2) is 0 Å². The maximum absolute atomic E-state index is 12.6. The molecule has 0 saturated carbocycles. The number of ether oxygens (including phenoxy) is 2. The van der Waals surface area contributed by atoms with Crippen LogP contribution in [0.15, 0.2) is 18.2 Å². The van der Waals surface area contributed by atoms with Crippen LogP contribution in [0.2, 0.25) is 0 Å². The van der Waals surface area contributed by atoms with Gasteiger partial charge in [0.25, 0.3) is 0 Å². The highest BCUT2D eigenvalue weighted by molar-refractivity contribution is 6.34. The number of nitrogens with zero attached hydrogens (tertiary/aromatic N) is 3. The first-order chi connectivity index (χ1) is 13.1. The Hall–Kier alpha value is -2.28. The molecule has 0 bridgehead atoms. The molecular formula is C20H27N3O4. The second-order valence-corrected chi connectivity index (χ2v) is 7.75. The maximum Gasteiger partial charge on any atom is 0.312 e. The Morgan fingerprint density at radius 3 is 2.52 bits per heavy atom. The number of piperidine rings is 1. The molecule has 27 heavy (non-hydrogen) atoms. The second kappa shape index (κ2) is 7.76. The van der Waals surface area contributed by atoms with Gasteiger partial charge in [0, 0.05) is 45.8 Å². The number of benzene rings is 1. The monoisotopic (exact) mass is 373 g/mol. The van der Waals surface area contributed by atoms with E-state index in [1.807, 2.05) is 18.2 Å². The van der Waals surface area contributed by atoms with E-state index in [2.05, 4.69) is 11.8 Å². The molecule has 0 N–H and O–H groups in total. The van der Waals surface area contributed by atoms with Gasteiger partial charge in [-0.3, -0.25) is 14.5 Å². The predicted molar refractivity (Wildman–Crippen MR) is 99.4 cm³/mol. The lowest BCUT2D eigenvalue weighted by atomic mass is 10.0. The van der Waals surface area contributed by atoms with Crippen molar-refractivity contribution < 1.29 is 19.1 Å². The molecule has 146 valence electrons. The molecule has 4 rings (SSSR count). The van der Waals surface area contributed by atoms with Crippen molar-refractivity contribution in [1.82, 2.24) is 14.7 Å². The Bertz CT molecular complexity index is 715. The minimum Gasteiger partial charge on any atom is -0.454 e. The molecule has 2 saturated heterocycles. The molecule has 7 heteroatoms. The highest BCUT2D eigenvalue weighted by Crippen LogP contribution is 2.32. The summed E-state index contributed by atoms with van der Waals surface area (Å²) in [7, 11) is 0. The van der Waals surface area contributed by atoms with Gasteiger partial charge < -0.3 is 19.3 Å². The van der Waals surface area contributed by atoms with Gasteiger partial charge in [-0.2, -0.15) is 0 Å². The molecule has 3 aliphatic rings. The number of rotatable bonds is 2. The smallest absolute Gasteiger partial charge is 0.312 e. The van der Waals surface area contributed by atoms with E-state index < -0.39 is 0 Å². The number of amides is 2. The van der Waals surface area contributed by atoms with Gasteiger partial charge in [0.15, 0.2) is 11.5 Å². The standard InChI is InChI=1S/C20H27N3O4/c1-15-3-2-6-23(12-15)20(25)19(24)22-9-7-21(8-10-22)13-16-4-5-17-18(11-16)27-14-26-17/h4-5,11,15H,2-3,6-10,12-14H2,1H3. The van der Waals surface area contributed by atoms with E-state index in [0.29, 0.717) is 32.1 Å². The van der Waals surface area contributed by atoms with Crippen LogP contribution in [-0.4, -0.2) is 72.6 Å². The number of carbonyl (C=O) groups excluding carboxylic acids is 2. The fourth-order valence-electron chi connectivity index (χ4n) is 4.05. The Morgan fingerprint density at radius 1 is 1.00 bits per heavy atom. The van der Waals surface area contributed by atoms with Gasteiger partial charge in [-0.1, -0.05) is 13.0 Å². The van der Waals surface area contributed by atoms with Gasteiger partial charge in [-0.05, 0) is 36.5 Å². The molecule has 3 heterocycles. The van der Waals surface area contributed by atoms with Crippen molar-refractivity contribution in [2.24, 2.45) is 5.92 Å². The average molecular weight is 373 g/mol. The summed E-state index contributed by atoms with van der Waals surface area (Å²) in [5, 5.41) is 0. The first-order valence-electron chi connectivity index (χ1n) is 9.79. The average Bonchev–Trinajstić information content (AvgIpc) is 3.15. The Morgan fingerprint density at radius 2 is 1.74 bits per heavy atom. The molecule has 1 aromatic rings. The first-order valence-corrected chi connectivity index (χ1v) is 9.79. The quantitative estimate of drug-likeness (QED) is 0.732. The molecule has 7 nitrogen and oxygen atoms in total. The molecule has 1 unspecified atom stereocenters. The highest BCUT2D eigenvalue weighted by atomic mass is 16.7. The van der Waals surface area contributed by atoms with E-state index >= 15 is 0 Å². The van der Waals surface area contributed by atoms with Crippen LogP contribution in [0, 0.1) is 5.92 Å². The zero-order valence-electron chi connectivity index (χ0n) is 15.9. The maximum atomic E-state index is 12.6. The number of likely N-dealkylation sites (tertiary alicyclic amines) is 1. The van der Waals surface area contributed by atoms with Crippen molar-refractivity contribution in [2.45, 2.75) is 26.3 Å².